The number of benzene rings is 6. The molecule has 0 spiro atoms. The van der Waals surface area contributed by atoms with Crippen molar-refractivity contribution in [2.75, 3.05) is 119 Å². The first-order chi connectivity index (χ1) is 47.9. The van der Waals surface area contributed by atoms with Gasteiger partial charge in [0.2, 0.25) is 47.7 Å². The van der Waals surface area contributed by atoms with Crippen LogP contribution in [0.3, 0.4) is 0 Å². The van der Waals surface area contributed by atoms with E-state index in [-0.39, 0.29) is 14.1 Å². The van der Waals surface area contributed by atoms with Crippen LogP contribution < -0.4 is 14.2 Å². The molecular weight excluding hydrogens is 1340 g/mol. The van der Waals surface area contributed by atoms with E-state index in [1.807, 2.05) is 97.9 Å². The topological polar surface area (TPSA) is 272 Å². The van der Waals surface area contributed by atoms with E-state index in [0.717, 1.165) is 114 Å². The number of fused-ring (bicyclic) bond motifs is 5. The molecule has 28 heteroatoms. The number of aromatic amines is 1. The number of piperazine rings is 3. The summed E-state index contributed by atoms with van der Waals surface area (Å²) in [5, 5.41) is 27.7. The molecule has 6 aromatic carbocycles. The molecule has 0 unspecified atom stereocenters. The maximum Gasteiger partial charge on any atom is 0.276 e. The van der Waals surface area contributed by atoms with Gasteiger partial charge in [-0.15, -0.1) is 0 Å². The van der Waals surface area contributed by atoms with E-state index in [1.165, 1.54) is 43.7 Å². The molecule has 11 aromatic rings. The molecule has 2 N–H and O–H groups in total. The molecule has 3 saturated heterocycles. The molecule has 3 fully saturated rings. The monoisotopic (exact) mass is 1420 g/mol. The lowest BCUT2D eigenvalue weighted by molar-refractivity contribution is -0.385. The van der Waals surface area contributed by atoms with Gasteiger partial charge in [0.15, 0.2) is 0 Å². The third-order valence-corrected chi connectivity index (χ3v) is 22.4. The highest BCUT2D eigenvalue weighted by Gasteiger charge is 2.28. The molecule has 0 bridgehead atoms. The number of aromatic nitrogens is 5. The summed E-state index contributed by atoms with van der Waals surface area (Å²) in [7, 11) is -4.68. The molecule has 0 amide bonds. The Labute approximate surface area is 589 Å². The van der Waals surface area contributed by atoms with Gasteiger partial charge in [0.25, 0.3) is 5.69 Å². The normalized spacial score (nSPS) is 15.7. The van der Waals surface area contributed by atoms with Crippen LogP contribution in [0.1, 0.15) is 33.4 Å². The largest absolute Gasteiger partial charge is 0.481 e. The lowest BCUT2D eigenvalue weighted by Crippen LogP contribution is -2.47. The Bertz CT molecular complexity index is 5270. The smallest absolute Gasteiger partial charge is 0.276 e. The number of hydrogen-bond acceptors (Lipinski definition) is 18. The van der Waals surface area contributed by atoms with Crippen molar-refractivity contribution in [3.63, 3.8) is 0 Å². The van der Waals surface area contributed by atoms with Crippen LogP contribution in [0.2, 0.25) is 0 Å². The second-order valence-electron chi connectivity index (χ2n) is 25.3. The van der Waals surface area contributed by atoms with Gasteiger partial charge in [-0.2, -0.15) is 17.6 Å². The fraction of sp³-hybridized carbons (Fsp3) is 0.301. The minimum absolute atomic E-state index is 0. The van der Waals surface area contributed by atoms with E-state index in [4.69, 9.17) is 14.2 Å². The minimum Gasteiger partial charge on any atom is -0.481 e. The van der Waals surface area contributed by atoms with Crippen molar-refractivity contribution in [1.82, 2.24) is 52.3 Å². The van der Waals surface area contributed by atoms with Crippen molar-refractivity contribution in [3.8, 4) is 40.2 Å². The summed E-state index contributed by atoms with van der Waals surface area (Å²) in [6.07, 6.45) is 7.24. The molecule has 8 heterocycles. The van der Waals surface area contributed by atoms with E-state index in [1.54, 1.807) is 49.9 Å². The lowest BCUT2D eigenvalue weighted by Gasteiger charge is -2.33. The van der Waals surface area contributed by atoms with Crippen LogP contribution in [0.15, 0.2) is 152 Å². The van der Waals surface area contributed by atoms with Gasteiger partial charge in [0.05, 0.1) is 95.2 Å². The van der Waals surface area contributed by atoms with Crippen molar-refractivity contribution in [3.05, 3.63) is 195 Å². The summed E-state index contributed by atoms with van der Waals surface area (Å²) in [5.74, 6) is 1.49. The average molecular weight is 1420 g/mol. The number of pyridine rings is 3. The van der Waals surface area contributed by atoms with Crippen LogP contribution in [0.25, 0.3) is 89.2 Å². The number of nitrogens with zero attached hydrogens (tertiary/aromatic N) is 11. The number of sulfonamides is 3. The summed E-state index contributed by atoms with van der Waals surface area (Å²) >= 11 is 0. The molecule has 0 aliphatic carbocycles. The fourth-order valence-electron chi connectivity index (χ4n) is 13.1. The van der Waals surface area contributed by atoms with Crippen LogP contribution in [0, 0.1) is 17.0 Å². The molecule has 14 rings (SSSR count). The number of H-pyrrole nitrogens is 1. The zero-order valence-electron chi connectivity index (χ0n) is 57.4. The Morgan fingerprint density at radius 2 is 0.941 bits per heavy atom. The predicted octanol–water partition coefficient (Wildman–Crippen LogP) is 9.98. The molecule has 525 valence electrons. The number of ether oxygens (including phenoxy) is 3. The predicted molar refractivity (Wildman–Crippen MR) is 398 cm³/mol. The van der Waals surface area contributed by atoms with Gasteiger partial charge in [-0.3, -0.25) is 24.8 Å². The van der Waals surface area contributed by atoms with E-state index in [9.17, 15) is 40.6 Å². The fourth-order valence-corrected chi connectivity index (χ4v) is 15.5. The molecule has 24 nitrogen and oxygen atoms in total. The highest BCUT2D eigenvalue weighted by Crippen LogP contribution is 2.38. The molecule has 5 aromatic heterocycles. The Kier molecular flexibility index (Phi) is 22.3. The van der Waals surface area contributed by atoms with Gasteiger partial charge in [-0.05, 0) is 120 Å². The molecule has 3 aliphatic rings. The van der Waals surface area contributed by atoms with Crippen LogP contribution in [0.5, 0.6) is 17.6 Å². The molecule has 0 saturated carbocycles. The van der Waals surface area contributed by atoms with Crippen LogP contribution in [0.4, 0.5) is 5.69 Å². The first-order valence-corrected chi connectivity index (χ1v) is 38.2. The van der Waals surface area contributed by atoms with Gasteiger partial charge in [-0.25, -0.2) is 40.2 Å². The lowest BCUT2D eigenvalue weighted by atomic mass is 10.0. The number of hydrogen-bond donors (Lipinski definition) is 2. The van der Waals surface area contributed by atoms with Crippen molar-refractivity contribution in [2.45, 2.75) is 26.6 Å². The Morgan fingerprint density at radius 3 is 1.45 bits per heavy atom. The minimum atomic E-state index is -3.19. The second kappa shape index (κ2) is 30.9. The molecule has 3 radical (unpaired) electrons. The number of aryl methyl sites for hydroxylation is 1. The van der Waals surface area contributed by atoms with Gasteiger partial charge in [0.1, 0.15) is 0 Å². The zero-order chi connectivity index (χ0) is 70.6. The van der Waals surface area contributed by atoms with Gasteiger partial charge in [0, 0.05) is 151 Å². The Balaban J connectivity index is 0.000000152. The quantitative estimate of drug-likeness (QED) is 0.0371. The van der Waals surface area contributed by atoms with Crippen molar-refractivity contribution < 1.29 is 49.6 Å². The number of methoxy groups -OCH3 is 3. The SMILES string of the molecule is COc1nc2ccccc2cc1-c1cc2cc(CN3CCN(S(C)(=O)=O)CC3)c(C)cc2n1O.COc1nc2ccccc2cc1-c1cc2cc(CN3CCN(S(C)(=O)=O)CC3)ccc2[nH]1.COc1nc2ccccc2cc1/C=C/c1cc(CN2CCN(S(C)(=O)=O)CC2)ccc1[N+](=O)[O-].[B]. The third-order valence-electron chi connectivity index (χ3n) is 18.5. The van der Waals surface area contributed by atoms with Crippen molar-refractivity contribution in [2.24, 2.45) is 0 Å². The first kappa shape index (κ1) is 72.9. The summed E-state index contributed by atoms with van der Waals surface area (Å²) in [5.41, 5.74) is 13.1. The maximum atomic E-state index is 11.8. The molecule has 0 atom stereocenters. The van der Waals surface area contributed by atoms with Crippen molar-refractivity contribution >= 4 is 111 Å². The highest BCUT2D eigenvalue weighted by atomic mass is 32.2. The second-order valence-corrected chi connectivity index (χ2v) is 31.3. The highest BCUT2D eigenvalue weighted by molar-refractivity contribution is 7.88. The Morgan fingerprint density at radius 1 is 0.495 bits per heavy atom. The molecule has 101 heavy (non-hydrogen) atoms. The number of nitro groups is 1. The summed E-state index contributed by atoms with van der Waals surface area (Å²) in [4.78, 5) is 35.2. The van der Waals surface area contributed by atoms with Crippen LogP contribution in [-0.2, 0) is 49.7 Å². The van der Waals surface area contributed by atoms with E-state index in [2.05, 4.69) is 77.1 Å². The standard InChI is InChI=1S/C25H28N4O4S.C24H26N4O5S.C24H26N4O3S.B/c1-17-12-23-19(13-20(17)16-27-8-10-28(11-9-27)34(3,31)32)15-24(29(23)30)21-14-18-6-4-5-7-22(18)26-25(21)33-2;1-33-24-21(16-19-5-3-4-6-22(19)25-24)9-8-20-15-18(7-10-23(20)28(29)30)17-26-11-13-27(14-12-26)34(2,31)32;1-31-24-20(14-18-5-3-4-6-21(18)26-24)23-15-19-13-17(7-8-22(19)25-23)16-27-9-11-28(12-10-27)32(2,29)30;/h4-7,12-15,30H,8-11,16H2,1-3H3;3-10,15-16H,11-14,17H2,1-2H3;3-8,13-15,25H,9-12,16H2,1-2H3;/b;9-8+;;. The van der Waals surface area contributed by atoms with E-state index in [0.29, 0.717) is 106 Å². The molecular formula is C73H80BN12O12S3. The molecule has 3 aliphatic heterocycles. The number of rotatable bonds is 17. The van der Waals surface area contributed by atoms with Crippen molar-refractivity contribution in [1.29, 1.82) is 0 Å². The maximum absolute atomic E-state index is 11.8. The summed E-state index contributed by atoms with van der Waals surface area (Å²) < 4.78 is 92.8. The number of nitro benzene ring substituents is 1. The third kappa shape index (κ3) is 17.0. The van der Waals surface area contributed by atoms with Crippen LogP contribution in [-0.4, -0.2) is 215 Å². The number of para-hydroxylation sites is 3. The number of nitrogens with one attached hydrogen (secondary N) is 1. The van der Waals surface area contributed by atoms with Gasteiger partial charge in [-0.1, -0.05) is 66.7 Å². The Hall–Kier alpha value is -9.36. The summed E-state index contributed by atoms with van der Waals surface area (Å²) in [6.45, 7) is 11.2. The average Bonchev–Trinajstić information content (AvgIpc) is 1.66. The zero-order valence-corrected chi connectivity index (χ0v) is 59.8. The summed E-state index contributed by atoms with van der Waals surface area (Å²) in [6, 6.07) is 49.2. The first-order valence-electron chi connectivity index (χ1n) is 32.7. The van der Waals surface area contributed by atoms with Gasteiger partial charge >= 0.3 is 0 Å². The van der Waals surface area contributed by atoms with E-state index >= 15 is 0 Å². The van der Waals surface area contributed by atoms with Crippen LogP contribution >= 0.6 is 0 Å². The van der Waals surface area contributed by atoms with Gasteiger partial charge < -0.3 is 24.4 Å². The van der Waals surface area contributed by atoms with E-state index < -0.39 is 35.0 Å².